The zero-order chi connectivity index (χ0) is 18.4. The third kappa shape index (κ3) is 21.4. The molecule has 0 amide bonds. The number of unbranched alkanes of at least 4 members (excludes halogenated alkanes) is 13. The fourth-order valence-corrected chi connectivity index (χ4v) is 3.21. The minimum Gasteiger partial charge on any atom is -0.315 e. The van der Waals surface area contributed by atoms with Crippen molar-refractivity contribution in [2.75, 3.05) is 19.6 Å². The van der Waals surface area contributed by atoms with Gasteiger partial charge in [-0.3, -0.25) is 0 Å². The van der Waals surface area contributed by atoms with E-state index >= 15 is 0 Å². The van der Waals surface area contributed by atoms with Crippen molar-refractivity contribution in [3.63, 3.8) is 0 Å². The molecule has 0 bridgehead atoms. The van der Waals surface area contributed by atoms with E-state index in [1.165, 1.54) is 89.9 Å². The van der Waals surface area contributed by atoms with Gasteiger partial charge in [-0.15, -0.1) is 0 Å². The van der Waals surface area contributed by atoms with E-state index in [4.69, 9.17) is 5.26 Å². The van der Waals surface area contributed by atoms with Crippen molar-refractivity contribution in [2.24, 2.45) is 0 Å². The third-order valence-electron chi connectivity index (χ3n) is 4.89. The lowest BCUT2D eigenvalue weighted by molar-refractivity contribution is 0.491. The van der Waals surface area contributed by atoms with Gasteiger partial charge in [0, 0.05) is 25.6 Å². The van der Waals surface area contributed by atoms with Crippen LogP contribution in [0.1, 0.15) is 110 Å². The molecule has 0 saturated carbocycles. The molecule has 148 valence electrons. The van der Waals surface area contributed by atoms with Gasteiger partial charge < -0.3 is 10.6 Å². The summed E-state index contributed by atoms with van der Waals surface area (Å²) in [6.07, 6.45) is 20.5. The van der Waals surface area contributed by atoms with E-state index in [9.17, 15) is 0 Å². The molecule has 0 aliphatic heterocycles. The molecule has 0 aliphatic rings. The molecule has 3 nitrogen and oxygen atoms in total. The SMILES string of the molecule is CCCCCCCCCCCCCCCCNCC(C)NCCC#N. The first-order chi connectivity index (χ1) is 12.3. The van der Waals surface area contributed by atoms with Crippen LogP contribution in [0.2, 0.25) is 0 Å². The van der Waals surface area contributed by atoms with E-state index in [0.29, 0.717) is 12.5 Å². The Morgan fingerprint density at radius 2 is 1.20 bits per heavy atom. The summed E-state index contributed by atoms with van der Waals surface area (Å²) in [7, 11) is 0. The Bertz CT molecular complexity index is 285. The lowest BCUT2D eigenvalue weighted by Crippen LogP contribution is -2.37. The standard InChI is InChI=1S/C22H45N3/c1-3-4-5-6-7-8-9-10-11-12-13-14-15-16-19-24-21-22(2)25-20-17-18-23/h22,24-25H,3-17,19-21H2,1-2H3. The number of rotatable bonds is 20. The smallest absolute Gasteiger partial charge is 0.0635 e. The van der Waals surface area contributed by atoms with Crippen LogP contribution in [0.25, 0.3) is 0 Å². The quantitative estimate of drug-likeness (QED) is 0.266. The molecule has 0 rings (SSSR count). The molecule has 0 spiro atoms. The highest BCUT2D eigenvalue weighted by Gasteiger charge is 1.99. The Balaban J connectivity index is 3.06. The maximum atomic E-state index is 8.50. The summed E-state index contributed by atoms with van der Waals surface area (Å²) in [4.78, 5) is 0. The zero-order valence-electron chi connectivity index (χ0n) is 17.3. The van der Waals surface area contributed by atoms with Crippen LogP contribution in [-0.4, -0.2) is 25.7 Å². The third-order valence-corrected chi connectivity index (χ3v) is 4.89. The highest BCUT2D eigenvalue weighted by Crippen LogP contribution is 2.12. The van der Waals surface area contributed by atoms with E-state index < -0.39 is 0 Å². The van der Waals surface area contributed by atoms with E-state index in [-0.39, 0.29) is 0 Å². The van der Waals surface area contributed by atoms with Crippen molar-refractivity contribution >= 4 is 0 Å². The van der Waals surface area contributed by atoms with Gasteiger partial charge in [-0.2, -0.15) is 5.26 Å². The van der Waals surface area contributed by atoms with Crippen LogP contribution in [0.15, 0.2) is 0 Å². The van der Waals surface area contributed by atoms with Crippen LogP contribution in [0, 0.1) is 11.3 Å². The average Bonchev–Trinajstić information content (AvgIpc) is 2.61. The lowest BCUT2D eigenvalue weighted by Gasteiger charge is -2.13. The number of hydrogen-bond donors (Lipinski definition) is 2. The van der Waals surface area contributed by atoms with E-state index in [1.54, 1.807) is 0 Å². The molecule has 0 aromatic carbocycles. The van der Waals surface area contributed by atoms with Crippen LogP contribution in [-0.2, 0) is 0 Å². The zero-order valence-corrected chi connectivity index (χ0v) is 17.3. The minimum absolute atomic E-state index is 0.458. The molecule has 0 heterocycles. The predicted octanol–water partition coefficient (Wildman–Crippen LogP) is 5.95. The van der Waals surface area contributed by atoms with Gasteiger partial charge in [0.05, 0.1) is 6.07 Å². The largest absolute Gasteiger partial charge is 0.315 e. The van der Waals surface area contributed by atoms with Crippen molar-refractivity contribution in [1.29, 1.82) is 5.26 Å². The molecule has 0 saturated heterocycles. The van der Waals surface area contributed by atoms with Gasteiger partial charge in [-0.1, -0.05) is 90.4 Å². The summed E-state index contributed by atoms with van der Waals surface area (Å²) in [6.45, 7) is 7.40. The van der Waals surface area contributed by atoms with Gasteiger partial charge >= 0.3 is 0 Å². The first-order valence-electron chi connectivity index (χ1n) is 11.1. The Labute approximate surface area is 158 Å². The number of nitrogens with one attached hydrogen (secondary N) is 2. The van der Waals surface area contributed by atoms with Gasteiger partial charge in [0.15, 0.2) is 0 Å². The monoisotopic (exact) mass is 351 g/mol. The van der Waals surface area contributed by atoms with Crippen LogP contribution >= 0.6 is 0 Å². The van der Waals surface area contributed by atoms with Crippen LogP contribution in [0.3, 0.4) is 0 Å². The Morgan fingerprint density at radius 1 is 0.720 bits per heavy atom. The van der Waals surface area contributed by atoms with Gasteiger partial charge in [-0.05, 0) is 19.9 Å². The Morgan fingerprint density at radius 3 is 1.68 bits per heavy atom. The highest BCUT2D eigenvalue weighted by molar-refractivity contribution is 4.72. The Kier molecular flexibility index (Phi) is 20.9. The van der Waals surface area contributed by atoms with Crippen molar-refractivity contribution in [3.8, 4) is 6.07 Å². The van der Waals surface area contributed by atoms with Crippen molar-refractivity contribution < 1.29 is 0 Å². The second-order valence-corrected chi connectivity index (χ2v) is 7.56. The number of nitriles is 1. The highest BCUT2D eigenvalue weighted by atomic mass is 15.0. The fraction of sp³-hybridized carbons (Fsp3) is 0.955. The van der Waals surface area contributed by atoms with Gasteiger partial charge in [-0.25, -0.2) is 0 Å². The molecular formula is C22H45N3. The van der Waals surface area contributed by atoms with Crippen molar-refractivity contribution in [3.05, 3.63) is 0 Å². The molecule has 0 aliphatic carbocycles. The Hall–Kier alpha value is -0.590. The molecule has 0 aromatic rings. The van der Waals surface area contributed by atoms with E-state index in [0.717, 1.165) is 19.6 Å². The molecule has 1 unspecified atom stereocenters. The van der Waals surface area contributed by atoms with Crippen molar-refractivity contribution in [2.45, 2.75) is 116 Å². The molecule has 1 atom stereocenters. The van der Waals surface area contributed by atoms with Crippen molar-refractivity contribution in [1.82, 2.24) is 10.6 Å². The van der Waals surface area contributed by atoms with E-state index in [1.807, 2.05) is 0 Å². The molecule has 2 N–H and O–H groups in total. The molecule has 0 aromatic heterocycles. The topological polar surface area (TPSA) is 47.8 Å². The average molecular weight is 352 g/mol. The first kappa shape index (κ1) is 24.4. The second kappa shape index (κ2) is 21.5. The van der Waals surface area contributed by atoms with Gasteiger partial charge in [0.1, 0.15) is 0 Å². The lowest BCUT2D eigenvalue weighted by atomic mass is 10.0. The number of nitrogens with zero attached hydrogens (tertiary/aromatic N) is 1. The summed E-state index contributed by atoms with van der Waals surface area (Å²) >= 11 is 0. The predicted molar refractivity (Wildman–Crippen MR) is 111 cm³/mol. The molecule has 0 fully saturated rings. The van der Waals surface area contributed by atoms with Gasteiger partial charge in [0.2, 0.25) is 0 Å². The maximum Gasteiger partial charge on any atom is 0.0635 e. The minimum atomic E-state index is 0.458. The van der Waals surface area contributed by atoms with Crippen LogP contribution < -0.4 is 10.6 Å². The summed E-state index contributed by atoms with van der Waals surface area (Å²) in [5.41, 5.74) is 0. The van der Waals surface area contributed by atoms with Crippen LogP contribution in [0.5, 0.6) is 0 Å². The summed E-state index contributed by atoms with van der Waals surface area (Å²) in [6, 6.07) is 2.62. The normalized spacial score (nSPS) is 12.2. The maximum absolute atomic E-state index is 8.50. The fourth-order valence-electron chi connectivity index (χ4n) is 3.21. The second-order valence-electron chi connectivity index (χ2n) is 7.56. The first-order valence-corrected chi connectivity index (χ1v) is 11.1. The number of hydrogen-bond acceptors (Lipinski definition) is 3. The van der Waals surface area contributed by atoms with Gasteiger partial charge in [0.25, 0.3) is 0 Å². The summed E-state index contributed by atoms with van der Waals surface area (Å²) in [5.74, 6) is 0. The van der Waals surface area contributed by atoms with Crippen LogP contribution in [0.4, 0.5) is 0 Å². The molecule has 25 heavy (non-hydrogen) atoms. The summed E-state index contributed by atoms with van der Waals surface area (Å²) in [5, 5.41) is 15.4. The molecule has 0 radical (unpaired) electrons. The molecular weight excluding hydrogens is 306 g/mol. The summed E-state index contributed by atoms with van der Waals surface area (Å²) < 4.78 is 0. The van der Waals surface area contributed by atoms with E-state index in [2.05, 4.69) is 30.6 Å². The molecule has 3 heteroatoms.